The van der Waals surface area contributed by atoms with Gasteiger partial charge in [0.1, 0.15) is 11.4 Å². The molecular formula is C16H14N2O2. The molecule has 20 heavy (non-hydrogen) atoms. The largest absolute Gasteiger partial charge is 0.495 e. The lowest BCUT2D eigenvalue weighted by Gasteiger charge is -2.11. The first kappa shape index (κ1) is 12.4. The van der Waals surface area contributed by atoms with Gasteiger partial charge in [-0.1, -0.05) is 18.2 Å². The molecule has 2 heterocycles. The van der Waals surface area contributed by atoms with Gasteiger partial charge in [-0.3, -0.25) is 9.78 Å². The maximum Gasteiger partial charge on any atom is 0.251 e. The highest BCUT2D eigenvalue weighted by Gasteiger charge is 2.08. The highest BCUT2D eigenvalue weighted by atomic mass is 16.5. The Hall–Kier alpha value is -2.62. The van der Waals surface area contributed by atoms with Crippen LogP contribution in [0.15, 0.2) is 59.5 Å². The number of ether oxygens (including phenoxy) is 1. The summed E-state index contributed by atoms with van der Waals surface area (Å²) < 4.78 is 7.00. The van der Waals surface area contributed by atoms with Gasteiger partial charge in [-0.2, -0.15) is 0 Å². The van der Waals surface area contributed by atoms with Crippen molar-refractivity contribution in [3.05, 3.63) is 70.8 Å². The second-order valence-corrected chi connectivity index (χ2v) is 4.47. The molecule has 0 fully saturated rings. The van der Waals surface area contributed by atoms with Crippen molar-refractivity contribution in [2.45, 2.75) is 6.54 Å². The molecule has 0 radical (unpaired) electrons. The number of aromatic nitrogens is 2. The van der Waals surface area contributed by atoms with Crippen LogP contribution in [0.25, 0.3) is 10.9 Å². The molecule has 0 N–H and O–H groups in total. The molecule has 0 amide bonds. The molecular weight excluding hydrogens is 252 g/mol. The van der Waals surface area contributed by atoms with Crippen LogP contribution in [-0.4, -0.2) is 16.7 Å². The van der Waals surface area contributed by atoms with Crippen LogP contribution >= 0.6 is 0 Å². The van der Waals surface area contributed by atoms with Gasteiger partial charge in [0.15, 0.2) is 0 Å². The van der Waals surface area contributed by atoms with Gasteiger partial charge in [-0.25, -0.2) is 0 Å². The van der Waals surface area contributed by atoms with Crippen molar-refractivity contribution < 1.29 is 4.74 Å². The molecule has 2 aromatic heterocycles. The van der Waals surface area contributed by atoms with Crippen molar-refractivity contribution in [2.24, 2.45) is 0 Å². The molecule has 0 atom stereocenters. The average molecular weight is 266 g/mol. The fourth-order valence-electron chi connectivity index (χ4n) is 2.28. The minimum atomic E-state index is -0.0450. The molecule has 100 valence electrons. The van der Waals surface area contributed by atoms with E-state index in [1.807, 2.05) is 42.5 Å². The fraction of sp³-hybridized carbons (Fsp3) is 0.125. The molecule has 0 saturated heterocycles. The quantitative estimate of drug-likeness (QED) is 0.731. The van der Waals surface area contributed by atoms with E-state index in [1.54, 1.807) is 23.9 Å². The number of para-hydroxylation sites is 1. The van der Waals surface area contributed by atoms with Crippen molar-refractivity contribution in [1.29, 1.82) is 0 Å². The Balaban J connectivity index is 2.15. The summed E-state index contributed by atoms with van der Waals surface area (Å²) >= 11 is 0. The van der Waals surface area contributed by atoms with Crippen molar-refractivity contribution >= 4 is 10.9 Å². The third-order valence-electron chi connectivity index (χ3n) is 3.28. The third kappa shape index (κ3) is 2.16. The summed E-state index contributed by atoms with van der Waals surface area (Å²) in [6.07, 6.45) is 1.70. The summed E-state index contributed by atoms with van der Waals surface area (Å²) in [4.78, 5) is 16.4. The molecule has 3 aromatic rings. The first-order valence-corrected chi connectivity index (χ1v) is 6.36. The van der Waals surface area contributed by atoms with Crippen molar-refractivity contribution in [3.8, 4) is 5.75 Å². The Morgan fingerprint density at radius 3 is 2.80 bits per heavy atom. The summed E-state index contributed by atoms with van der Waals surface area (Å²) in [5.41, 5.74) is 1.59. The van der Waals surface area contributed by atoms with E-state index < -0.39 is 0 Å². The lowest BCUT2D eigenvalue weighted by atomic mass is 10.2. The monoisotopic (exact) mass is 266 g/mol. The normalized spacial score (nSPS) is 10.7. The molecule has 4 heteroatoms. The molecule has 0 aliphatic carbocycles. The molecule has 4 nitrogen and oxygen atoms in total. The van der Waals surface area contributed by atoms with Crippen LogP contribution in [0.4, 0.5) is 0 Å². The standard InChI is InChI=1S/C16H14N2O2/c1-20-15-7-4-10-17-13(15)11-18-14-6-3-2-5-12(14)8-9-16(18)19/h2-10H,11H2,1H3. The number of hydrogen-bond donors (Lipinski definition) is 0. The topological polar surface area (TPSA) is 44.1 Å². The van der Waals surface area contributed by atoms with E-state index in [9.17, 15) is 4.79 Å². The number of rotatable bonds is 3. The van der Waals surface area contributed by atoms with Crippen LogP contribution in [0, 0.1) is 0 Å². The van der Waals surface area contributed by atoms with Gasteiger partial charge in [0.25, 0.3) is 5.56 Å². The van der Waals surface area contributed by atoms with E-state index in [0.717, 1.165) is 16.6 Å². The highest BCUT2D eigenvalue weighted by Crippen LogP contribution is 2.18. The summed E-state index contributed by atoms with van der Waals surface area (Å²) in [6, 6.07) is 14.9. The minimum Gasteiger partial charge on any atom is -0.495 e. The Morgan fingerprint density at radius 1 is 1.10 bits per heavy atom. The number of methoxy groups -OCH3 is 1. The van der Waals surface area contributed by atoms with Gasteiger partial charge in [0, 0.05) is 12.3 Å². The van der Waals surface area contributed by atoms with Crippen LogP contribution in [0.1, 0.15) is 5.69 Å². The maximum absolute atomic E-state index is 12.1. The van der Waals surface area contributed by atoms with Crippen LogP contribution < -0.4 is 10.3 Å². The van der Waals surface area contributed by atoms with E-state index in [-0.39, 0.29) is 5.56 Å². The Labute approximate surface area is 116 Å². The van der Waals surface area contributed by atoms with Gasteiger partial charge in [0.2, 0.25) is 0 Å². The summed E-state index contributed by atoms with van der Waals surface area (Å²) in [5, 5.41) is 1.03. The van der Waals surface area contributed by atoms with E-state index in [0.29, 0.717) is 12.3 Å². The SMILES string of the molecule is COc1cccnc1Cn1c(=O)ccc2ccccc21. The summed E-state index contributed by atoms with van der Waals surface area (Å²) in [5.74, 6) is 0.687. The highest BCUT2D eigenvalue weighted by molar-refractivity contribution is 5.78. The van der Waals surface area contributed by atoms with E-state index >= 15 is 0 Å². The number of fused-ring (bicyclic) bond motifs is 1. The molecule has 0 aliphatic heterocycles. The average Bonchev–Trinajstić information content (AvgIpc) is 2.50. The van der Waals surface area contributed by atoms with Crippen LogP contribution in [0.2, 0.25) is 0 Å². The first-order valence-electron chi connectivity index (χ1n) is 6.36. The number of nitrogens with zero attached hydrogens (tertiary/aromatic N) is 2. The van der Waals surface area contributed by atoms with Gasteiger partial charge in [-0.05, 0) is 29.7 Å². The molecule has 0 bridgehead atoms. The number of pyridine rings is 2. The molecule has 0 saturated carbocycles. The van der Waals surface area contributed by atoms with E-state index in [4.69, 9.17) is 4.74 Å². The summed E-state index contributed by atoms with van der Waals surface area (Å²) in [6.45, 7) is 0.393. The van der Waals surface area contributed by atoms with Gasteiger partial charge >= 0.3 is 0 Å². The molecule has 0 spiro atoms. The first-order chi connectivity index (χ1) is 9.79. The second-order valence-electron chi connectivity index (χ2n) is 4.47. The predicted octanol–water partition coefficient (Wildman–Crippen LogP) is 2.45. The van der Waals surface area contributed by atoms with Crippen LogP contribution in [0.5, 0.6) is 5.75 Å². The lowest BCUT2D eigenvalue weighted by molar-refractivity contribution is 0.405. The van der Waals surface area contributed by atoms with E-state index in [1.165, 1.54) is 0 Å². The third-order valence-corrected chi connectivity index (χ3v) is 3.28. The van der Waals surface area contributed by atoms with Crippen LogP contribution in [-0.2, 0) is 6.54 Å². The fourth-order valence-corrected chi connectivity index (χ4v) is 2.28. The smallest absolute Gasteiger partial charge is 0.251 e. The number of hydrogen-bond acceptors (Lipinski definition) is 3. The van der Waals surface area contributed by atoms with Gasteiger partial charge < -0.3 is 9.30 Å². The molecule has 0 aliphatic rings. The van der Waals surface area contributed by atoms with Crippen LogP contribution in [0.3, 0.4) is 0 Å². The van der Waals surface area contributed by atoms with Crippen molar-refractivity contribution in [1.82, 2.24) is 9.55 Å². The zero-order valence-electron chi connectivity index (χ0n) is 11.1. The Kier molecular flexibility index (Phi) is 3.21. The van der Waals surface area contributed by atoms with Gasteiger partial charge in [-0.15, -0.1) is 0 Å². The Bertz CT molecular complexity index is 809. The van der Waals surface area contributed by atoms with Gasteiger partial charge in [0.05, 0.1) is 19.2 Å². The Morgan fingerprint density at radius 2 is 1.95 bits per heavy atom. The lowest BCUT2D eigenvalue weighted by Crippen LogP contribution is -2.20. The zero-order chi connectivity index (χ0) is 13.9. The molecule has 3 rings (SSSR count). The second kappa shape index (κ2) is 5.17. The maximum atomic E-state index is 12.1. The van der Waals surface area contributed by atoms with E-state index in [2.05, 4.69) is 4.98 Å². The molecule has 1 aromatic carbocycles. The summed E-state index contributed by atoms with van der Waals surface area (Å²) in [7, 11) is 1.60. The zero-order valence-corrected chi connectivity index (χ0v) is 11.1. The van der Waals surface area contributed by atoms with Crippen molar-refractivity contribution in [2.75, 3.05) is 7.11 Å². The van der Waals surface area contributed by atoms with Crippen molar-refractivity contribution in [3.63, 3.8) is 0 Å². The predicted molar refractivity (Wildman–Crippen MR) is 78.1 cm³/mol. The molecule has 0 unspecified atom stereocenters. The minimum absolute atomic E-state index is 0.0450. The number of benzene rings is 1.